The van der Waals surface area contributed by atoms with Crippen molar-refractivity contribution in [2.45, 2.75) is 20.0 Å². The first-order valence-corrected chi connectivity index (χ1v) is 6.18. The van der Waals surface area contributed by atoms with Gasteiger partial charge in [0.05, 0.1) is 13.2 Å². The third-order valence-electron chi connectivity index (χ3n) is 2.39. The SMILES string of the molecule is COC(=O)/C=C/C=C/C=C/C=C/C=C/C(C)C(C)O. The molecular formula is C16H22O3. The molecule has 0 heterocycles. The van der Waals surface area contributed by atoms with E-state index >= 15 is 0 Å². The lowest BCUT2D eigenvalue weighted by atomic mass is 10.1. The first kappa shape index (κ1) is 17.1. The van der Waals surface area contributed by atoms with Crippen molar-refractivity contribution < 1.29 is 14.6 Å². The van der Waals surface area contributed by atoms with Gasteiger partial charge < -0.3 is 9.84 Å². The molecule has 0 saturated carbocycles. The summed E-state index contributed by atoms with van der Waals surface area (Å²) in [7, 11) is 1.34. The fourth-order valence-corrected chi connectivity index (χ4v) is 0.987. The molecule has 0 aliphatic heterocycles. The molecule has 0 radical (unpaired) electrons. The molecular weight excluding hydrogens is 240 g/mol. The van der Waals surface area contributed by atoms with E-state index in [0.29, 0.717) is 0 Å². The van der Waals surface area contributed by atoms with Crippen molar-refractivity contribution >= 4 is 5.97 Å². The summed E-state index contributed by atoms with van der Waals surface area (Å²) < 4.78 is 4.44. The molecule has 2 atom stereocenters. The molecule has 0 bridgehead atoms. The Bertz CT molecular complexity index is 385. The third kappa shape index (κ3) is 11.0. The number of allylic oxidation sites excluding steroid dienone is 8. The first-order chi connectivity index (χ1) is 9.07. The lowest BCUT2D eigenvalue weighted by Crippen LogP contribution is -2.09. The molecule has 3 nitrogen and oxygen atoms in total. The molecule has 3 heteroatoms. The van der Waals surface area contributed by atoms with Crippen LogP contribution in [0.5, 0.6) is 0 Å². The molecule has 104 valence electrons. The molecule has 1 N–H and O–H groups in total. The van der Waals surface area contributed by atoms with Crippen LogP contribution in [0.4, 0.5) is 0 Å². The van der Waals surface area contributed by atoms with Crippen molar-refractivity contribution in [3.05, 3.63) is 60.8 Å². The fourth-order valence-electron chi connectivity index (χ4n) is 0.987. The van der Waals surface area contributed by atoms with Crippen LogP contribution >= 0.6 is 0 Å². The van der Waals surface area contributed by atoms with E-state index in [-0.39, 0.29) is 18.0 Å². The maximum atomic E-state index is 10.7. The number of ether oxygens (including phenoxy) is 1. The molecule has 0 aliphatic carbocycles. The topological polar surface area (TPSA) is 46.5 Å². The number of carbonyl (C=O) groups excluding carboxylic acids is 1. The minimum absolute atomic E-state index is 0.150. The van der Waals surface area contributed by atoms with E-state index in [1.807, 2.05) is 49.5 Å². The van der Waals surface area contributed by atoms with Gasteiger partial charge in [0.1, 0.15) is 0 Å². The number of hydrogen-bond donors (Lipinski definition) is 1. The monoisotopic (exact) mass is 262 g/mol. The van der Waals surface area contributed by atoms with Crippen LogP contribution in [0.3, 0.4) is 0 Å². The molecule has 0 aliphatic rings. The van der Waals surface area contributed by atoms with Gasteiger partial charge in [-0.2, -0.15) is 0 Å². The van der Waals surface area contributed by atoms with Gasteiger partial charge in [-0.25, -0.2) is 4.79 Å². The van der Waals surface area contributed by atoms with E-state index < -0.39 is 0 Å². The van der Waals surface area contributed by atoms with Crippen molar-refractivity contribution in [1.82, 2.24) is 0 Å². The Morgan fingerprint density at radius 1 is 0.947 bits per heavy atom. The summed E-state index contributed by atoms with van der Waals surface area (Å²) >= 11 is 0. The zero-order chi connectivity index (χ0) is 14.5. The fraction of sp³-hybridized carbons (Fsp3) is 0.312. The Hall–Kier alpha value is -1.87. The highest BCUT2D eigenvalue weighted by molar-refractivity contribution is 5.82. The summed E-state index contributed by atoms with van der Waals surface area (Å²) in [5.41, 5.74) is 0. The highest BCUT2D eigenvalue weighted by Crippen LogP contribution is 2.03. The quantitative estimate of drug-likeness (QED) is 0.436. The van der Waals surface area contributed by atoms with Crippen LogP contribution in [0.2, 0.25) is 0 Å². The van der Waals surface area contributed by atoms with Crippen LogP contribution in [0.1, 0.15) is 13.8 Å². The summed E-state index contributed by atoms with van der Waals surface area (Å²) in [6, 6.07) is 0. The van der Waals surface area contributed by atoms with E-state index in [9.17, 15) is 9.90 Å². The summed E-state index contributed by atoms with van der Waals surface area (Å²) in [4.78, 5) is 10.7. The number of hydrogen-bond acceptors (Lipinski definition) is 3. The molecule has 0 fully saturated rings. The molecule has 0 aromatic carbocycles. The molecule has 2 unspecified atom stereocenters. The average molecular weight is 262 g/mol. The normalized spacial score (nSPS) is 16.2. The predicted molar refractivity (Wildman–Crippen MR) is 78.6 cm³/mol. The van der Waals surface area contributed by atoms with Crippen LogP contribution in [0.25, 0.3) is 0 Å². The van der Waals surface area contributed by atoms with Gasteiger partial charge >= 0.3 is 5.97 Å². The number of esters is 1. The molecule has 0 rings (SSSR count). The molecule has 0 aromatic heterocycles. The smallest absolute Gasteiger partial charge is 0.330 e. The Morgan fingerprint density at radius 3 is 1.89 bits per heavy atom. The second kappa shape index (κ2) is 11.2. The van der Waals surface area contributed by atoms with E-state index in [0.717, 1.165) is 0 Å². The maximum absolute atomic E-state index is 10.7. The minimum Gasteiger partial charge on any atom is -0.466 e. The standard InChI is InChI=1S/C16H22O3/c1-14(15(2)17)12-10-8-6-4-5-7-9-11-13-16(18)19-3/h4-15,17H,1-3H3/b5-4+,8-6+,9-7+,12-10+,13-11+. The lowest BCUT2D eigenvalue weighted by molar-refractivity contribution is -0.134. The van der Waals surface area contributed by atoms with Gasteiger partial charge in [-0.3, -0.25) is 0 Å². The van der Waals surface area contributed by atoms with Crippen molar-refractivity contribution in [1.29, 1.82) is 0 Å². The van der Waals surface area contributed by atoms with Crippen molar-refractivity contribution in [3.63, 3.8) is 0 Å². The zero-order valence-corrected chi connectivity index (χ0v) is 11.7. The minimum atomic E-state index is -0.370. The second-order valence-corrected chi connectivity index (χ2v) is 4.02. The average Bonchev–Trinajstić information content (AvgIpc) is 2.39. The van der Waals surface area contributed by atoms with Gasteiger partial charge in [0.2, 0.25) is 0 Å². The van der Waals surface area contributed by atoms with Crippen molar-refractivity contribution in [3.8, 4) is 0 Å². The number of aliphatic hydroxyl groups excluding tert-OH is 1. The molecule has 19 heavy (non-hydrogen) atoms. The van der Waals surface area contributed by atoms with Crippen LogP contribution < -0.4 is 0 Å². The summed E-state index contributed by atoms with van der Waals surface area (Å²) in [6.07, 6.45) is 17.6. The second-order valence-electron chi connectivity index (χ2n) is 4.02. The van der Waals surface area contributed by atoms with Gasteiger partial charge in [-0.15, -0.1) is 0 Å². The Labute approximate surface area is 115 Å². The molecule has 0 aromatic rings. The number of methoxy groups -OCH3 is 1. The number of rotatable bonds is 7. The zero-order valence-electron chi connectivity index (χ0n) is 11.7. The van der Waals surface area contributed by atoms with Crippen LogP contribution in [-0.2, 0) is 9.53 Å². The van der Waals surface area contributed by atoms with E-state index in [2.05, 4.69) is 4.74 Å². The van der Waals surface area contributed by atoms with E-state index in [1.165, 1.54) is 13.2 Å². The van der Waals surface area contributed by atoms with Crippen LogP contribution in [-0.4, -0.2) is 24.3 Å². The van der Waals surface area contributed by atoms with E-state index in [4.69, 9.17) is 0 Å². The summed E-state index contributed by atoms with van der Waals surface area (Å²) in [5, 5.41) is 9.26. The van der Waals surface area contributed by atoms with Gasteiger partial charge in [0.25, 0.3) is 0 Å². The van der Waals surface area contributed by atoms with E-state index in [1.54, 1.807) is 19.1 Å². The van der Waals surface area contributed by atoms with Crippen LogP contribution in [0, 0.1) is 5.92 Å². The van der Waals surface area contributed by atoms with Gasteiger partial charge in [-0.1, -0.05) is 61.6 Å². The van der Waals surface area contributed by atoms with Crippen LogP contribution in [0.15, 0.2) is 60.8 Å². The molecule has 0 amide bonds. The Morgan fingerprint density at radius 2 is 1.42 bits per heavy atom. The first-order valence-electron chi connectivity index (χ1n) is 6.18. The Balaban J connectivity index is 3.94. The number of carbonyl (C=O) groups is 1. The Kier molecular flexibility index (Phi) is 10.1. The largest absolute Gasteiger partial charge is 0.466 e. The summed E-state index contributed by atoms with van der Waals surface area (Å²) in [5.74, 6) is -0.220. The summed E-state index contributed by atoms with van der Waals surface area (Å²) in [6.45, 7) is 3.73. The van der Waals surface area contributed by atoms with Crippen molar-refractivity contribution in [2.75, 3.05) is 7.11 Å². The highest BCUT2D eigenvalue weighted by atomic mass is 16.5. The predicted octanol–water partition coefficient (Wildman–Crippen LogP) is 2.96. The van der Waals surface area contributed by atoms with Gasteiger partial charge in [-0.05, 0) is 12.8 Å². The molecule has 0 spiro atoms. The lowest BCUT2D eigenvalue weighted by Gasteiger charge is -2.07. The molecule has 0 saturated heterocycles. The van der Waals surface area contributed by atoms with Gasteiger partial charge in [0, 0.05) is 6.08 Å². The third-order valence-corrected chi connectivity index (χ3v) is 2.39. The van der Waals surface area contributed by atoms with Gasteiger partial charge in [0.15, 0.2) is 0 Å². The highest BCUT2D eigenvalue weighted by Gasteiger charge is 2.01. The maximum Gasteiger partial charge on any atom is 0.330 e. The van der Waals surface area contributed by atoms with Crippen molar-refractivity contribution in [2.24, 2.45) is 5.92 Å². The number of aliphatic hydroxyl groups is 1.